The zero-order chi connectivity index (χ0) is 11.1. The molecule has 16 heavy (non-hydrogen) atoms. The second-order valence-corrected chi connectivity index (χ2v) is 5.40. The van der Waals surface area contributed by atoms with E-state index in [1.165, 1.54) is 29.2 Å². The van der Waals surface area contributed by atoms with E-state index in [-0.39, 0.29) is 6.04 Å². The first-order valence-corrected chi connectivity index (χ1v) is 6.49. The summed E-state index contributed by atoms with van der Waals surface area (Å²) >= 11 is 3.59. The van der Waals surface area contributed by atoms with Crippen LogP contribution in [0.3, 0.4) is 0 Å². The molecular formula is C14H14BrN. The Labute approximate surface area is 104 Å². The van der Waals surface area contributed by atoms with Gasteiger partial charge in [0.15, 0.2) is 0 Å². The molecule has 0 heterocycles. The van der Waals surface area contributed by atoms with Crippen LogP contribution in [0.2, 0.25) is 0 Å². The van der Waals surface area contributed by atoms with Crippen LogP contribution in [0.1, 0.15) is 24.4 Å². The van der Waals surface area contributed by atoms with E-state index in [0.717, 1.165) is 4.47 Å². The average Bonchev–Trinajstić information content (AvgIpc) is 3.13. The second-order valence-electron chi connectivity index (χ2n) is 4.55. The normalized spacial score (nSPS) is 17.6. The first-order chi connectivity index (χ1) is 7.77. The van der Waals surface area contributed by atoms with E-state index in [2.05, 4.69) is 52.3 Å². The van der Waals surface area contributed by atoms with Gasteiger partial charge in [-0.15, -0.1) is 0 Å². The van der Waals surface area contributed by atoms with Crippen molar-refractivity contribution in [2.45, 2.75) is 18.9 Å². The molecule has 1 saturated carbocycles. The van der Waals surface area contributed by atoms with Crippen molar-refractivity contribution in [3.8, 4) is 0 Å². The Morgan fingerprint density at radius 3 is 2.44 bits per heavy atom. The molecule has 0 spiro atoms. The molecule has 2 N–H and O–H groups in total. The maximum absolute atomic E-state index is 6.30. The molecule has 3 rings (SSSR count). The Bertz CT molecular complexity index is 531. The minimum absolute atomic E-state index is 0.206. The highest BCUT2D eigenvalue weighted by molar-refractivity contribution is 9.10. The van der Waals surface area contributed by atoms with Gasteiger partial charge in [0.05, 0.1) is 0 Å². The Morgan fingerprint density at radius 2 is 1.75 bits per heavy atom. The minimum atomic E-state index is 0.206. The third kappa shape index (κ3) is 1.66. The van der Waals surface area contributed by atoms with Gasteiger partial charge in [0, 0.05) is 10.5 Å². The van der Waals surface area contributed by atoms with Crippen molar-refractivity contribution in [2.75, 3.05) is 0 Å². The largest absolute Gasteiger partial charge is 0.324 e. The number of hydrogen-bond acceptors (Lipinski definition) is 1. The lowest BCUT2D eigenvalue weighted by atomic mass is 9.96. The molecule has 0 unspecified atom stereocenters. The van der Waals surface area contributed by atoms with Crippen molar-refractivity contribution >= 4 is 26.7 Å². The minimum Gasteiger partial charge on any atom is -0.324 e. The Hall–Kier alpha value is -0.860. The molecule has 1 aliphatic carbocycles. The molecule has 1 fully saturated rings. The van der Waals surface area contributed by atoms with E-state index in [1.807, 2.05) is 0 Å². The molecule has 1 aliphatic rings. The smallest absolute Gasteiger partial charge is 0.0329 e. The van der Waals surface area contributed by atoms with E-state index < -0.39 is 0 Å². The third-order valence-corrected chi connectivity index (χ3v) is 4.09. The van der Waals surface area contributed by atoms with Gasteiger partial charge in [-0.25, -0.2) is 0 Å². The Morgan fingerprint density at radius 1 is 1.06 bits per heavy atom. The monoisotopic (exact) mass is 275 g/mol. The van der Waals surface area contributed by atoms with Crippen molar-refractivity contribution in [1.82, 2.24) is 0 Å². The standard InChI is InChI=1S/C14H14BrN/c15-13-8-7-12(14(16)9-5-6-9)10-3-1-2-4-11(10)13/h1-4,7-9,14H,5-6,16H2/t14-/m1/s1. The molecule has 1 atom stereocenters. The fourth-order valence-corrected chi connectivity index (χ4v) is 2.76. The number of fused-ring (bicyclic) bond motifs is 1. The van der Waals surface area contributed by atoms with Gasteiger partial charge in [0.25, 0.3) is 0 Å². The van der Waals surface area contributed by atoms with E-state index in [9.17, 15) is 0 Å². The molecule has 0 bridgehead atoms. The Kier molecular flexibility index (Phi) is 2.49. The van der Waals surface area contributed by atoms with Gasteiger partial charge in [-0.2, -0.15) is 0 Å². The lowest BCUT2D eigenvalue weighted by Gasteiger charge is -2.14. The molecule has 0 amide bonds. The van der Waals surface area contributed by atoms with Crippen molar-refractivity contribution in [1.29, 1.82) is 0 Å². The maximum Gasteiger partial charge on any atom is 0.0329 e. The van der Waals surface area contributed by atoms with Crippen LogP contribution in [-0.2, 0) is 0 Å². The van der Waals surface area contributed by atoms with Gasteiger partial charge in [-0.3, -0.25) is 0 Å². The van der Waals surface area contributed by atoms with E-state index >= 15 is 0 Å². The predicted molar refractivity (Wildman–Crippen MR) is 71.3 cm³/mol. The quantitative estimate of drug-likeness (QED) is 0.881. The van der Waals surface area contributed by atoms with Gasteiger partial charge >= 0.3 is 0 Å². The highest BCUT2D eigenvalue weighted by atomic mass is 79.9. The number of hydrogen-bond donors (Lipinski definition) is 1. The topological polar surface area (TPSA) is 26.0 Å². The van der Waals surface area contributed by atoms with Gasteiger partial charge in [-0.1, -0.05) is 46.3 Å². The van der Waals surface area contributed by atoms with Crippen molar-refractivity contribution in [3.05, 3.63) is 46.4 Å². The summed E-state index contributed by atoms with van der Waals surface area (Å²) in [5, 5.41) is 2.55. The predicted octanol–water partition coefficient (Wildman–Crippen LogP) is 4.01. The maximum atomic E-state index is 6.30. The van der Waals surface area contributed by atoms with Crippen molar-refractivity contribution in [2.24, 2.45) is 11.7 Å². The third-order valence-electron chi connectivity index (χ3n) is 3.39. The summed E-state index contributed by atoms with van der Waals surface area (Å²) in [5.41, 5.74) is 7.59. The molecule has 2 heteroatoms. The zero-order valence-electron chi connectivity index (χ0n) is 8.99. The van der Waals surface area contributed by atoms with Crippen LogP contribution in [0, 0.1) is 5.92 Å². The van der Waals surface area contributed by atoms with Gasteiger partial charge < -0.3 is 5.73 Å². The highest BCUT2D eigenvalue weighted by Crippen LogP contribution is 2.42. The van der Waals surface area contributed by atoms with Crippen LogP contribution in [0.4, 0.5) is 0 Å². The fraction of sp³-hybridized carbons (Fsp3) is 0.286. The summed E-state index contributed by atoms with van der Waals surface area (Å²) in [6.45, 7) is 0. The highest BCUT2D eigenvalue weighted by Gasteiger charge is 2.30. The van der Waals surface area contributed by atoms with Crippen molar-refractivity contribution in [3.63, 3.8) is 0 Å². The molecule has 0 saturated heterocycles. The SMILES string of the molecule is N[C@@H](c1ccc(Br)c2ccccc12)C1CC1. The number of halogens is 1. The van der Waals surface area contributed by atoms with Gasteiger partial charge in [-0.05, 0) is 41.2 Å². The van der Waals surface area contributed by atoms with Crippen LogP contribution in [0.15, 0.2) is 40.9 Å². The van der Waals surface area contributed by atoms with Gasteiger partial charge in [0.1, 0.15) is 0 Å². The second kappa shape index (κ2) is 3.86. The van der Waals surface area contributed by atoms with Crippen LogP contribution >= 0.6 is 15.9 Å². The van der Waals surface area contributed by atoms with Crippen molar-refractivity contribution < 1.29 is 0 Å². The summed E-state index contributed by atoms with van der Waals surface area (Å²) in [6.07, 6.45) is 2.57. The first-order valence-electron chi connectivity index (χ1n) is 5.70. The molecular weight excluding hydrogens is 262 g/mol. The van der Waals surface area contributed by atoms with Crippen LogP contribution < -0.4 is 5.73 Å². The van der Waals surface area contributed by atoms with E-state index in [4.69, 9.17) is 5.73 Å². The first kappa shape index (κ1) is 10.3. The number of rotatable bonds is 2. The Balaban J connectivity index is 2.20. The average molecular weight is 276 g/mol. The van der Waals surface area contributed by atoms with Crippen LogP contribution in [0.5, 0.6) is 0 Å². The lowest BCUT2D eigenvalue weighted by Crippen LogP contribution is -2.12. The van der Waals surface area contributed by atoms with Crippen LogP contribution in [-0.4, -0.2) is 0 Å². The molecule has 0 aliphatic heterocycles. The zero-order valence-corrected chi connectivity index (χ0v) is 10.6. The van der Waals surface area contributed by atoms with E-state index in [0.29, 0.717) is 5.92 Å². The fourth-order valence-electron chi connectivity index (χ4n) is 2.29. The summed E-state index contributed by atoms with van der Waals surface area (Å²) in [7, 11) is 0. The molecule has 0 radical (unpaired) electrons. The molecule has 1 nitrogen and oxygen atoms in total. The molecule has 82 valence electrons. The van der Waals surface area contributed by atoms with Gasteiger partial charge in [0.2, 0.25) is 0 Å². The lowest BCUT2D eigenvalue weighted by molar-refractivity contribution is 0.638. The number of nitrogens with two attached hydrogens (primary N) is 1. The number of benzene rings is 2. The molecule has 2 aromatic carbocycles. The summed E-state index contributed by atoms with van der Waals surface area (Å²) in [6, 6.07) is 12.9. The summed E-state index contributed by atoms with van der Waals surface area (Å²) in [5.74, 6) is 0.699. The summed E-state index contributed by atoms with van der Waals surface area (Å²) < 4.78 is 1.15. The molecule has 2 aromatic rings. The molecule has 0 aromatic heterocycles. The van der Waals surface area contributed by atoms with E-state index in [1.54, 1.807) is 0 Å². The van der Waals surface area contributed by atoms with Crippen LogP contribution in [0.25, 0.3) is 10.8 Å². The summed E-state index contributed by atoms with van der Waals surface area (Å²) in [4.78, 5) is 0.